The molecular weight excluding hydrogens is 264 g/mol. The Balaban J connectivity index is 0.00000122. The molecule has 0 unspecified atom stereocenters. The predicted molar refractivity (Wildman–Crippen MR) is 89.6 cm³/mol. The molecule has 0 aromatic carbocycles. The van der Waals surface area contributed by atoms with Gasteiger partial charge in [-0.15, -0.1) is 0 Å². The van der Waals surface area contributed by atoms with Crippen molar-refractivity contribution in [2.45, 2.75) is 71.3 Å². The molecule has 0 spiro atoms. The molecule has 0 aliphatic carbocycles. The van der Waals surface area contributed by atoms with Crippen molar-refractivity contribution >= 4 is 5.91 Å². The average molecular weight is 300 g/mol. The average Bonchev–Trinajstić information content (AvgIpc) is 2.49. The van der Waals surface area contributed by atoms with E-state index in [1.54, 1.807) is 7.11 Å². The predicted octanol–water partition coefficient (Wildman–Crippen LogP) is 3.21. The highest BCUT2D eigenvalue weighted by Crippen LogP contribution is 2.23. The Bertz CT molecular complexity index is 262. The molecule has 4 heteroatoms. The van der Waals surface area contributed by atoms with Crippen LogP contribution in [0.3, 0.4) is 0 Å². The molecule has 1 fully saturated rings. The molecule has 0 bridgehead atoms. The number of amides is 1. The van der Waals surface area contributed by atoms with E-state index in [0.29, 0.717) is 12.3 Å². The van der Waals surface area contributed by atoms with Gasteiger partial charge < -0.3 is 15.0 Å². The molecule has 1 rings (SSSR count). The minimum absolute atomic E-state index is 0.0644. The zero-order valence-corrected chi connectivity index (χ0v) is 14.8. The van der Waals surface area contributed by atoms with Gasteiger partial charge in [-0.05, 0) is 26.3 Å². The third-order valence-electron chi connectivity index (χ3n) is 4.02. The van der Waals surface area contributed by atoms with E-state index in [-0.39, 0.29) is 5.54 Å². The van der Waals surface area contributed by atoms with E-state index < -0.39 is 0 Å². The van der Waals surface area contributed by atoms with Crippen LogP contribution < -0.4 is 5.32 Å². The first-order valence-corrected chi connectivity index (χ1v) is 8.54. The van der Waals surface area contributed by atoms with Crippen molar-refractivity contribution in [1.82, 2.24) is 10.2 Å². The molecule has 0 aromatic rings. The molecule has 21 heavy (non-hydrogen) atoms. The lowest BCUT2D eigenvalue weighted by atomic mass is 9.88. The summed E-state index contributed by atoms with van der Waals surface area (Å²) in [6, 6.07) is 0. The van der Waals surface area contributed by atoms with Gasteiger partial charge in [-0.1, -0.05) is 40.0 Å². The van der Waals surface area contributed by atoms with E-state index in [4.69, 9.17) is 4.74 Å². The van der Waals surface area contributed by atoms with Gasteiger partial charge in [-0.25, -0.2) is 0 Å². The normalized spacial score (nSPS) is 17.1. The highest BCUT2D eigenvalue weighted by Gasteiger charge is 2.34. The SMILES string of the molecule is CCC.CCCCCC(=O)N1CCC(COC)(NC)CC1. The van der Waals surface area contributed by atoms with Gasteiger partial charge in [-0.2, -0.15) is 0 Å². The molecule has 1 N–H and O–H groups in total. The van der Waals surface area contributed by atoms with Crippen LogP contribution in [-0.4, -0.2) is 50.2 Å². The Labute approximate surface area is 131 Å². The number of piperidine rings is 1. The summed E-state index contributed by atoms with van der Waals surface area (Å²) in [6.45, 7) is 8.85. The lowest BCUT2D eigenvalue weighted by molar-refractivity contribution is -0.133. The molecule has 0 aromatic heterocycles. The van der Waals surface area contributed by atoms with Gasteiger partial charge >= 0.3 is 0 Å². The van der Waals surface area contributed by atoms with Crippen molar-refractivity contribution in [2.75, 3.05) is 33.9 Å². The summed E-state index contributed by atoms with van der Waals surface area (Å²) in [5.41, 5.74) is 0.0644. The summed E-state index contributed by atoms with van der Waals surface area (Å²) < 4.78 is 5.28. The second kappa shape index (κ2) is 12.0. The van der Waals surface area contributed by atoms with Crippen molar-refractivity contribution in [3.8, 4) is 0 Å². The number of carbonyl (C=O) groups excluding carboxylic acids is 1. The maximum Gasteiger partial charge on any atom is 0.222 e. The van der Waals surface area contributed by atoms with Gasteiger partial charge in [0.05, 0.1) is 6.61 Å². The summed E-state index contributed by atoms with van der Waals surface area (Å²) in [5.74, 6) is 0.325. The number of hydrogen-bond acceptors (Lipinski definition) is 3. The first kappa shape index (κ1) is 20.4. The molecule has 0 saturated carbocycles. The Kier molecular flexibility index (Phi) is 11.6. The van der Waals surface area contributed by atoms with Gasteiger partial charge in [0, 0.05) is 32.2 Å². The number of hydrogen-bond donors (Lipinski definition) is 1. The van der Waals surface area contributed by atoms with E-state index >= 15 is 0 Å². The number of nitrogens with one attached hydrogen (secondary N) is 1. The summed E-state index contributed by atoms with van der Waals surface area (Å²) in [4.78, 5) is 14.0. The largest absolute Gasteiger partial charge is 0.383 e. The molecule has 1 aliphatic rings. The van der Waals surface area contributed by atoms with E-state index in [9.17, 15) is 4.79 Å². The number of carbonyl (C=O) groups is 1. The number of rotatable bonds is 7. The molecule has 4 nitrogen and oxygen atoms in total. The Morgan fingerprint density at radius 2 is 1.76 bits per heavy atom. The van der Waals surface area contributed by atoms with Crippen LogP contribution in [0.2, 0.25) is 0 Å². The number of nitrogens with zero attached hydrogens (tertiary/aromatic N) is 1. The Hall–Kier alpha value is -0.610. The highest BCUT2D eigenvalue weighted by molar-refractivity contribution is 5.76. The smallest absolute Gasteiger partial charge is 0.222 e. The minimum atomic E-state index is 0.0644. The van der Waals surface area contributed by atoms with Crippen LogP contribution in [0, 0.1) is 0 Å². The summed E-state index contributed by atoms with van der Waals surface area (Å²) in [5, 5.41) is 3.37. The van der Waals surface area contributed by atoms with Crippen LogP contribution in [-0.2, 0) is 9.53 Å². The maximum absolute atomic E-state index is 12.0. The third kappa shape index (κ3) is 7.82. The van der Waals surface area contributed by atoms with Crippen molar-refractivity contribution in [3.05, 3.63) is 0 Å². The van der Waals surface area contributed by atoms with E-state index in [0.717, 1.165) is 45.4 Å². The number of methoxy groups -OCH3 is 1. The topological polar surface area (TPSA) is 41.6 Å². The summed E-state index contributed by atoms with van der Waals surface area (Å²) in [7, 11) is 3.72. The minimum Gasteiger partial charge on any atom is -0.383 e. The van der Waals surface area contributed by atoms with Gasteiger partial charge in [0.25, 0.3) is 0 Å². The van der Waals surface area contributed by atoms with E-state index in [1.807, 2.05) is 11.9 Å². The fraction of sp³-hybridized carbons (Fsp3) is 0.941. The van der Waals surface area contributed by atoms with Gasteiger partial charge in [0.1, 0.15) is 0 Å². The van der Waals surface area contributed by atoms with Crippen LogP contribution in [0.4, 0.5) is 0 Å². The zero-order chi connectivity index (χ0) is 16.1. The van der Waals surface area contributed by atoms with Crippen LogP contribution >= 0.6 is 0 Å². The van der Waals surface area contributed by atoms with Gasteiger partial charge in [0.2, 0.25) is 5.91 Å². The molecule has 1 amide bonds. The monoisotopic (exact) mass is 300 g/mol. The summed E-state index contributed by atoms with van der Waals surface area (Å²) in [6.07, 6.45) is 7.28. The fourth-order valence-corrected chi connectivity index (χ4v) is 2.61. The number of ether oxygens (including phenoxy) is 1. The first-order chi connectivity index (χ1) is 10.1. The first-order valence-electron chi connectivity index (χ1n) is 8.54. The van der Waals surface area contributed by atoms with Crippen molar-refractivity contribution in [1.29, 1.82) is 0 Å². The fourth-order valence-electron chi connectivity index (χ4n) is 2.61. The molecular formula is C17H36N2O2. The molecule has 1 aliphatic heterocycles. The molecule has 0 atom stereocenters. The van der Waals surface area contributed by atoms with E-state index in [1.165, 1.54) is 12.8 Å². The second-order valence-electron chi connectivity index (χ2n) is 6.01. The van der Waals surface area contributed by atoms with Crippen LogP contribution in [0.25, 0.3) is 0 Å². The third-order valence-corrected chi connectivity index (χ3v) is 4.02. The highest BCUT2D eigenvalue weighted by atomic mass is 16.5. The lowest BCUT2D eigenvalue weighted by Gasteiger charge is -2.41. The Morgan fingerprint density at radius 3 is 2.19 bits per heavy atom. The molecule has 126 valence electrons. The van der Waals surface area contributed by atoms with Crippen LogP contribution in [0.15, 0.2) is 0 Å². The van der Waals surface area contributed by atoms with Gasteiger partial charge in [-0.3, -0.25) is 4.79 Å². The van der Waals surface area contributed by atoms with Gasteiger partial charge in [0.15, 0.2) is 0 Å². The number of likely N-dealkylation sites (tertiary alicyclic amines) is 1. The molecule has 1 heterocycles. The lowest BCUT2D eigenvalue weighted by Crippen LogP contribution is -2.55. The van der Waals surface area contributed by atoms with Crippen molar-refractivity contribution < 1.29 is 9.53 Å². The number of likely N-dealkylation sites (N-methyl/N-ethyl adjacent to an activating group) is 1. The summed E-state index contributed by atoms with van der Waals surface area (Å²) >= 11 is 0. The van der Waals surface area contributed by atoms with E-state index in [2.05, 4.69) is 26.1 Å². The standard InChI is InChI=1S/C14H28N2O2.C3H8/c1-4-5-6-7-13(17)16-10-8-14(15-2,9-11-16)12-18-3;1-3-2/h15H,4-12H2,1-3H3;3H2,1-2H3. The van der Waals surface area contributed by atoms with Crippen LogP contribution in [0.1, 0.15) is 65.7 Å². The number of unbranched alkanes of at least 4 members (excludes halogenated alkanes) is 2. The van der Waals surface area contributed by atoms with Crippen molar-refractivity contribution in [3.63, 3.8) is 0 Å². The second-order valence-corrected chi connectivity index (χ2v) is 6.01. The molecule has 1 saturated heterocycles. The zero-order valence-electron chi connectivity index (χ0n) is 14.8. The van der Waals surface area contributed by atoms with Crippen LogP contribution in [0.5, 0.6) is 0 Å². The maximum atomic E-state index is 12.0. The quantitative estimate of drug-likeness (QED) is 0.734. The molecule has 0 radical (unpaired) electrons. The Morgan fingerprint density at radius 1 is 1.19 bits per heavy atom. The van der Waals surface area contributed by atoms with Crippen molar-refractivity contribution in [2.24, 2.45) is 0 Å².